The summed E-state index contributed by atoms with van der Waals surface area (Å²) in [5.74, 6) is 0.0822. The summed E-state index contributed by atoms with van der Waals surface area (Å²) in [7, 11) is 0. The topological polar surface area (TPSA) is 114 Å². The van der Waals surface area contributed by atoms with E-state index in [1.54, 1.807) is 0 Å². The first-order valence-corrected chi connectivity index (χ1v) is 8.87. The van der Waals surface area contributed by atoms with Crippen LogP contribution in [0.3, 0.4) is 0 Å². The molecule has 0 unspecified atom stereocenters. The van der Waals surface area contributed by atoms with E-state index in [4.69, 9.17) is 10.6 Å². The molecule has 2 amide bonds. The van der Waals surface area contributed by atoms with Crippen LogP contribution in [0.2, 0.25) is 0 Å². The summed E-state index contributed by atoms with van der Waals surface area (Å²) in [4.78, 5) is 43.6. The van der Waals surface area contributed by atoms with Gasteiger partial charge in [0.2, 0.25) is 0 Å². The molecular weight excluding hydrogens is 400 g/mol. The van der Waals surface area contributed by atoms with Gasteiger partial charge in [0, 0.05) is 30.3 Å². The van der Waals surface area contributed by atoms with Gasteiger partial charge in [-0.3, -0.25) is 9.59 Å². The molecule has 3 atom stereocenters. The highest BCUT2D eigenvalue weighted by Crippen LogP contribution is 2.34. The number of amides is 2. The van der Waals surface area contributed by atoms with Crippen LogP contribution < -0.4 is 11.1 Å². The second-order valence-electron chi connectivity index (χ2n) is 5.91. The van der Waals surface area contributed by atoms with Gasteiger partial charge in [-0.1, -0.05) is 6.42 Å². The average molecular weight is 421 g/mol. The van der Waals surface area contributed by atoms with Crippen molar-refractivity contribution in [2.45, 2.75) is 55.9 Å². The zero-order chi connectivity index (χ0) is 16.4. The van der Waals surface area contributed by atoms with Crippen LogP contribution in [0.25, 0.3) is 0 Å². The van der Waals surface area contributed by atoms with Crippen molar-refractivity contribution in [3.05, 3.63) is 0 Å². The summed E-state index contributed by atoms with van der Waals surface area (Å²) in [6, 6.07) is 0.564. The fourth-order valence-corrected chi connectivity index (χ4v) is 4.57. The molecule has 3 N–H and O–H groups in total. The van der Waals surface area contributed by atoms with Crippen LogP contribution in [0.15, 0.2) is 4.99 Å². The molecule has 0 aromatic rings. The quantitative estimate of drug-likeness (QED) is 0.474. The van der Waals surface area contributed by atoms with Crippen molar-refractivity contribution in [2.24, 2.45) is 10.7 Å². The zero-order valence-corrected chi connectivity index (χ0v) is 15.6. The lowest BCUT2D eigenvalue weighted by molar-refractivity contribution is -0.197. The summed E-state index contributed by atoms with van der Waals surface area (Å²) >= 11 is 1.88. The van der Waals surface area contributed by atoms with Gasteiger partial charge in [0.05, 0.1) is 12.1 Å². The Morgan fingerprint density at radius 2 is 2.04 bits per heavy atom. The summed E-state index contributed by atoms with van der Waals surface area (Å²) in [5.41, 5.74) is 5.69. The average Bonchev–Trinajstić information content (AvgIpc) is 3.14. The molecule has 0 bridgehead atoms. The molecule has 134 valence electrons. The van der Waals surface area contributed by atoms with Crippen LogP contribution >= 0.6 is 28.7 Å². The number of nitrogens with zero attached hydrogens (tertiary/aromatic N) is 2. The maximum absolute atomic E-state index is 11.7. The van der Waals surface area contributed by atoms with E-state index < -0.39 is 17.8 Å². The minimum absolute atomic E-state index is 0. The Balaban J connectivity index is 0.00000208. The summed E-state index contributed by atoms with van der Waals surface area (Å²) in [6.45, 7) is 0. The fourth-order valence-electron chi connectivity index (χ4n) is 3.05. The second-order valence-corrected chi connectivity index (χ2v) is 7.19. The van der Waals surface area contributed by atoms with Crippen LogP contribution in [0.5, 0.6) is 0 Å². The van der Waals surface area contributed by atoms with Gasteiger partial charge in [-0.05, 0) is 12.8 Å². The van der Waals surface area contributed by atoms with Crippen LogP contribution in [-0.2, 0) is 19.2 Å². The van der Waals surface area contributed by atoms with Crippen molar-refractivity contribution in [1.29, 1.82) is 0 Å². The Labute approximate surface area is 154 Å². The van der Waals surface area contributed by atoms with E-state index in [2.05, 4.69) is 10.3 Å². The number of hydrogen-bond donors (Lipinski definition) is 2. The van der Waals surface area contributed by atoms with E-state index in [1.165, 1.54) is 0 Å². The summed E-state index contributed by atoms with van der Waals surface area (Å²) in [5, 5.41) is 4.25. The molecule has 0 aliphatic carbocycles. The second kappa shape index (κ2) is 8.19. The molecule has 3 aliphatic rings. The molecule has 0 aromatic carbocycles. The lowest BCUT2D eigenvalue weighted by Gasteiger charge is -2.18. The van der Waals surface area contributed by atoms with Crippen molar-refractivity contribution in [1.82, 2.24) is 10.4 Å². The number of hydrogen-bond acceptors (Lipinski definition) is 8. The molecule has 3 heterocycles. The van der Waals surface area contributed by atoms with Gasteiger partial charge in [0.15, 0.2) is 5.96 Å². The molecule has 2 fully saturated rings. The Kier molecular flexibility index (Phi) is 6.50. The Morgan fingerprint density at radius 1 is 1.33 bits per heavy atom. The van der Waals surface area contributed by atoms with Gasteiger partial charge in [0.25, 0.3) is 11.8 Å². The van der Waals surface area contributed by atoms with Crippen molar-refractivity contribution in [3.8, 4) is 0 Å². The Morgan fingerprint density at radius 3 is 2.75 bits per heavy atom. The highest BCUT2D eigenvalue weighted by molar-refractivity contribution is 8.93. The number of carbonyl (C=O) groups is 3. The number of halogens is 1. The van der Waals surface area contributed by atoms with Crippen LogP contribution in [0, 0.1) is 0 Å². The third-order valence-corrected chi connectivity index (χ3v) is 5.73. The molecule has 0 saturated carbocycles. The highest BCUT2D eigenvalue weighted by Gasteiger charge is 2.40. The molecule has 2 saturated heterocycles. The van der Waals surface area contributed by atoms with E-state index in [0.29, 0.717) is 28.7 Å². The summed E-state index contributed by atoms with van der Waals surface area (Å²) in [6.07, 6.45) is 2.95. The molecule has 0 radical (unpaired) electrons. The van der Waals surface area contributed by atoms with Crippen molar-refractivity contribution in [2.75, 3.05) is 5.75 Å². The molecule has 8 nitrogen and oxygen atoms in total. The lowest BCUT2D eigenvalue weighted by Crippen LogP contribution is -2.41. The zero-order valence-electron chi connectivity index (χ0n) is 13.1. The number of carbonyl (C=O) groups excluding carboxylic acids is 3. The van der Waals surface area contributed by atoms with E-state index in [0.717, 1.165) is 18.6 Å². The van der Waals surface area contributed by atoms with Gasteiger partial charge in [0.1, 0.15) is 0 Å². The number of rotatable bonds is 6. The Hall–Kier alpha value is -1.29. The minimum atomic E-state index is -0.530. The van der Waals surface area contributed by atoms with E-state index in [9.17, 15) is 14.4 Å². The summed E-state index contributed by atoms with van der Waals surface area (Å²) < 4.78 is 0. The lowest BCUT2D eigenvalue weighted by atomic mass is 10.0. The predicted molar refractivity (Wildman–Crippen MR) is 94.5 cm³/mol. The SMILES string of the molecule is Br.NC1=N[C@H]2CS[C@@H](CCCCC(=O)ON3C(=O)CCC3=O)[C@H]2N1. The van der Waals surface area contributed by atoms with Gasteiger partial charge in [-0.25, -0.2) is 9.79 Å². The molecule has 10 heteroatoms. The van der Waals surface area contributed by atoms with Crippen LogP contribution in [-0.4, -0.2) is 51.9 Å². The third-order valence-electron chi connectivity index (χ3n) is 4.23. The number of nitrogens with two attached hydrogens (primary N) is 1. The van der Waals surface area contributed by atoms with Crippen LogP contribution in [0.4, 0.5) is 0 Å². The van der Waals surface area contributed by atoms with Gasteiger partial charge < -0.3 is 15.9 Å². The highest BCUT2D eigenvalue weighted by atomic mass is 79.9. The standard InChI is InChI=1S/C14H20N4O4S.BrH/c15-14-16-8-7-23-9(13(8)17-14)3-1-2-4-12(21)22-18-10(19)5-6-11(18)20;/h8-9,13H,1-7H2,(H3,15,16,17);1H/t8-,9-,13-;/m0./s1. The third kappa shape index (κ3) is 4.21. The van der Waals surface area contributed by atoms with E-state index in [-0.39, 0.29) is 42.3 Å². The van der Waals surface area contributed by atoms with Crippen molar-refractivity contribution in [3.63, 3.8) is 0 Å². The number of nitrogens with one attached hydrogen (secondary N) is 1. The fraction of sp³-hybridized carbons (Fsp3) is 0.714. The van der Waals surface area contributed by atoms with Gasteiger partial charge in [-0.2, -0.15) is 11.8 Å². The monoisotopic (exact) mass is 420 g/mol. The largest absolute Gasteiger partial charge is 0.370 e. The maximum Gasteiger partial charge on any atom is 0.333 e. The minimum Gasteiger partial charge on any atom is -0.370 e. The molecular formula is C14H21BrN4O4S. The molecule has 3 aliphatic heterocycles. The number of aliphatic imine (C=N–C) groups is 1. The first kappa shape index (κ1) is 19.0. The van der Waals surface area contributed by atoms with Gasteiger partial charge in [-0.15, -0.1) is 22.0 Å². The maximum atomic E-state index is 11.7. The number of imide groups is 1. The van der Waals surface area contributed by atoms with Crippen molar-refractivity contribution < 1.29 is 19.2 Å². The van der Waals surface area contributed by atoms with E-state index >= 15 is 0 Å². The number of fused-ring (bicyclic) bond motifs is 1. The molecule has 3 rings (SSSR count). The molecule has 24 heavy (non-hydrogen) atoms. The van der Waals surface area contributed by atoms with Crippen LogP contribution in [0.1, 0.15) is 38.5 Å². The number of unbranched alkanes of at least 4 members (excludes halogenated alkanes) is 1. The first-order chi connectivity index (χ1) is 11.0. The number of guanidine groups is 1. The van der Waals surface area contributed by atoms with Gasteiger partial charge >= 0.3 is 5.97 Å². The predicted octanol–water partition coefficient (Wildman–Crippen LogP) is 0.502. The number of hydroxylamine groups is 2. The number of thioether (sulfide) groups is 1. The van der Waals surface area contributed by atoms with E-state index in [1.807, 2.05) is 11.8 Å². The Bertz CT molecular complexity index is 543. The first-order valence-electron chi connectivity index (χ1n) is 7.82. The molecule has 0 aromatic heterocycles. The van der Waals surface area contributed by atoms with Crippen molar-refractivity contribution >= 4 is 52.5 Å². The molecule has 0 spiro atoms. The normalized spacial score (nSPS) is 28.2. The smallest absolute Gasteiger partial charge is 0.333 e.